The normalized spacial score (nSPS) is 12.2. The molecule has 0 aliphatic carbocycles. The molecule has 2 N–H and O–H groups in total. The van der Waals surface area contributed by atoms with E-state index in [4.69, 9.17) is 5.73 Å². The van der Waals surface area contributed by atoms with Crippen LogP contribution in [-0.2, 0) is 11.3 Å². The lowest BCUT2D eigenvalue weighted by molar-refractivity contribution is -0.130. The van der Waals surface area contributed by atoms with Crippen molar-refractivity contribution in [1.82, 2.24) is 4.90 Å². The maximum Gasteiger partial charge on any atom is 0.224 e. The number of benzene rings is 1. The Bertz CT molecular complexity index is 364. The van der Waals surface area contributed by atoms with Crippen molar-refractivity contribution in [2.24, 2.45) is 5.73 Å². The zero-order valence-electron chi connectivity index (χ0n) is 10.3. The lowest BCUT2D eigenvalue weighted by Gasteiger charge is -2.19. The number of rotatable bonds is 5. The molecule has 0 aromatic heterocycles. The third-order valence-corrected chi connectivity index (χ3v) is 2.72. The van der Waals surface area contributed by atoms with E-state index >= 15 is 0 Å². The Morgan fingerprint density at radius 1 is 1.41 bits per heavy atom. The van der Waals surface area contributed by atoms with Crippen LogP contribution in [0.4, 0.5) is 4.39 Å². The van der Waals surface area contributed by atoms with Gasteiger partial charge in [-0.25, -0.2) is 4.39 Å². The van der Waals surface area contributed by atoms with Crippen molar-refractivity contribution in [3.63, 3.8) is 0 Å². The predicted octanol–water partition coefficient (Wildman–Crippen LogP) is 1.91. The molecule has 1 unspecified atom stereocenters. The second-order valence-electron chi connectivity index (χ2n) is 4.25. The minimum absolute atomic E-state index is 0.0173. The van der Waals surface area contributed by atoms with Gasteiger partial charge in [0, 0.05) is 26.1 Å². The molecule has 1 aromatic rings. The van der Waals surface area contributed by atoms with Crippen LogP contribution in [0.25, 0.3) is 0 Å². The number of nitrogens with two attached hydrogens (primary N) is 1. The van der Waals surface area contributed by atoms with Crippen LogP contribution < -0.4 is 5.73 Å². The molecular weight excluding hydrogens is 219 g/mol. The maximum atomic E-state index is 12.7. The molecule has 3 nitrogen and oxygen atoms in total. The van der Waals surface area contributed by atoms with Crippen molar-refractivity contribution >= 4 is 5.91 Å². The largest absolute Gasteiger partial charge is 0.341 e. The molecule has 0 bridgehead atoms. The molecule has 1 aromatic carbocycles. The first kappa shape index (κ1) is 13.6. The van der Waals surface area contributed by atoms with Gasteiger partial charge in [-0.05, 0) is 24.1 Å². The lowest BCUT2D eigenvalue weighted by atomic mass is 10.1. The van der Waals surface area contributed by atoms with Gasteiger partial charge in [0.25, 0.3) is 0 Å². The fourth-order valence-electron chi connectivity index (χ4n) is 1.48. The van der Waals surface area contributed by atoms with E-state index in [1.54, 1.807) is 24.1 Å². The first-order chi connectivity index (χ1) is 8.02. The van der Waals surface area contributed by atoms with Gasteiger partial charge in [-0.1, -0.05) is 19.1 Å². The molecule has 0 radical (unpaired) electrons. The molecule has 0 aliphatic heterocycles. The number of hydrogen-bond acceptors (Lipinski definition) is 2. The lowest BCUT2D eigenvalue weighted by Crippen LogP contribution is -2.32. The highest BCUT2D eigenvalue weighted by Gasteiger charge is 2.12. The summed E-state index contributed by atoms with van der Waals surface area (Å²) in [6.45, 7) is 2.44. The summed E-state index contributed by atoms with van der Waals surface area (Å²) in [5, 5.41) is 0. The molecule has 0 saturated heterocycles. The molecule has 0 fully saturated rings. The number of carbonyl (C=O) groups is 1. The fraction of sp³-hybridized carbons (Fsp3) is 0.462. The van der Waals surface area contributed by atoms with Gasteiger partial charge in [0.15, 0.2) is 0 Å². The number of nitrogens with zero attached hydrogens (tertiary/aromatic N) is 1. The highest BCUT2D eigenvalue weighted by Crippen LogP contribution is 2.07. The number of carbonyl (C=O) groups excluding carboxylic acids is 1. The van der Waals surface area contributed by atoms with E-state index in [-0.39, 0.29) is 17.8 Å². The second-order valence-corrected chi connectivity index (χ2v) is 4.25. The molecule has 0 aliphatic rings. The van der Waals surface area contributed by atoms with Crippen LogP contribution in [-0.4, -0.2) is 23.9 Å². The van der Waals surface area contributed by atoms with Crippen LogP contribution in [0.2, 0.25) is 0 Å². The second kappa shape index (κ2) is 6.35. The van der Waals surface area contributed by atoms with Gasteiger partial charge in [-0.2, -0.15) is 0 Å². The topological polar surface area (TPSA) is 46.3 Å². The number of halogens is 1. The summed E-state index contributed by atoms with van der Waals surface area (Å²) in [4.78, 5) is 13.4. The van der Waals surface area contributed by atoms with E-state index in [1.807, 2.05) is 6.92 Å². The smallest absolute Gasteiger partial charge is 0.224 e. The summed E-state index contributed by atoms with van der Waals surface area (Å²) >= 11 is 0. The van der Waals surface area contributed by atoms with Crippen molar-refractivity contribution < 1.29 is 9.18 Å². The highest BCUT2D eigenvalue weighted by atomic mass is 19.1. The summed E-state index contributed by atoms with van der Waals surface area (Å²) in [6.07, 6.45) is 1.14. The molecule has 0 saturated carbocycles. The predicted molar refractivity (Wildman–Crippen MR) is 65.8 cm³/mol. The first-order valence-corrected chi connectivity index (χ1v) is 5.77. The highest BCUT2D eigenvalue weighted by molar-refractivity contribution is 5.76. The van der Waals surface area contributed by atoms with Crippen molar-refractivity contribution in [1.29, 1.82) is 0 Å². The van der Waals surface area contributed by atoms with E-state index in [1.165, 1.54) is 12.1 Å². The SMILES string of the molecule is CCC(N)CC(=O)N(C)Cc1ccc(F)cc1. The average molecular weight is 238 g/mol. The molecule has 0 spiro atoms. The summed E-state index contributed by atoms with van der Waals surface area (Å²) in [5.41, 5.74) is 6.64. The summed E-state index contributed by atoms with van der Waals surface area (Å²) in [7, 11) is 1.73. The van der Waals surface area contributed by atoms with E-state index in [0.717, 1.165) is 12.0 Å². The van der Waals surface area contributed by atoms with Gasteiger partial charge in [-0.15, -0.1) is 0 Å². The fourth-order valence-corrected chi connectivity index (χ4v) is 1.48. The molecular formula is C13H19FN2O. The third kappa shape index (κ3) is 4.53. The monoisotopic (exact) mass is 238 g/mol. The Balaban J connectivity index is 2.51. The molecule has 94 valence electrons. The van der Waals surface area contributed by atoms with Crippen LogP contribution in [0, 0.1) is 5.82 Å². The molecule has 4 heteroatoms. The van der Waals surface area contributed by atoms with Crippen LogP contribution in [0.5, 0.6) is 0 Å². The first-order valence-electron chi connectivity index (χ1n) is 5.77. The van der Waals surface area contributed by atoms with Crippen molar-refractivity contribution in [3.8, 4) is 0 Å². The summed E-state index contributed by atoms with van der Waals surface area (Å²) < 4.78 is 12.7. The summed E-state index contributed by atoms with van der Waals surface area (Å²) in [5.74, 6) is -0.251. The Labute approximate surface area is 101 Å². The average Bonchev–Trinajstić information content (AvgIpc) is 2.31. The van der Waals surface area contributed by atoms with E-state index in [0.29, 0.717) is 13.0 Å². The Morgan fingerprint density at radius 3 is 2.53 bits per heavy atom. The van der Waals surface area contributed by atoms with Crippen molar-refractivity contribution in [3.05, 3.63) is 35.6 Å². The van der Waals surface area contributed by atoms with E-state index < -0.39 is 0 Å². The zero-order valence-corrected chi connectivity index (χ0v) is 10.3. The van der Waals surface area contributed by atoms with E-state index in [9.17, 15) is 9.18 Å². The minimum Gasteiger partial charge on any atom is -0.341 e. The van der Waals surface area contributed by atoms with Crippen LogP contribution in [0.3, 0.4) is 0 Å². The molecule has 1 atom stereocenters. The maximum absolute atomic E-state index is 12.7. The molecule has 1 amide bonds. The van der Waals surface area contributed by atoms with Crippen LogP contribution in [0.1, 0.15) is 25.3 Å². The van der Waals surface area contributed by atoms with Gasteiger partial charge in [0.1, 0.15) is 5.82 Å². The standard InChI is InChI=1S/C13H19FN2O/c1-3-12(15)8-13(17)16(2)9-10-4-6-11(14)7-5-10/h4-7,12H,3,8-9,15H2,1-2H3. The van der Waals surface area contributed by atoms with Crippen molar-refractivity contribution in [2.75, 3.05) is 7.05 Å². The van der Waals surface area contributed by atoms with Crippen LogP contribution in [0.15, 0.2) is 24.3 Å². The van der Waals surface area contributed by atoms with Gasteiger partial charge >= 0.3 is 0 Å². The Kier molecular flexibility index (Phi) is 5.10. The Morgan fingerprint density at radius 2 is 2.00 bits per heavy atom. The molecule has 1 rings (SSSR count). The third-order valence-electron chi connectivity index (χ3n) is 2.72. The van der Waals surface area contributed by atoms with Gasteiger partial charge < -0.3 is 10.6 Å². The Hall–Kier alpha value is -1.42. The van der Waals surface area contributed by atoms with Crippen LogP contribution >= 0.6 is 0 Å². The molecule has 17 heavy (non-hydrogen) atoms. The molecule has 0 heterocycles. The number of amides is 1. The quantitative estimate of drug-likeness (QED) is 0.851. The van der Waals surface area contributed by atoms with Gasteiger partial charge in [0.05, 0.1) is 0 Å². The minimum atomic E-state index is -0.268. The van der Waals surface area contributed by atoms with Crippen molar-refractivity contribution in [2.45, 2.75) is 32.4 Å². The van der Waals surface area contributed by atoms with Gasteiger partial charge in [0.2, 0.25) is 5.91 Å². The van der Waals surface area contributed by atoms with Gasteiger partial charge in [-0.3, -0.25) is 4.79 Å². The van der Waals surface area contributed by atoms with E-state index in [2.05, 4.69) is 0 Å². The summed E-state index contributed by atoms with van der Waals surface area (Å²) in [6, 6.07) is 6.06. The number of hydrogen-bond donors (Lipinski definition) is 1. The zero-order chi connectivity index (χ0) is 12.8.